The van der Waals surface area contributed by atoms with Gasteiger partial charge < -0.3 is 4.90 Å². The van der Waals surface area contributed by atoms with E-state index in [0.717, 1.165) is 0 Å². The lowest BCUT2D eigenvalue weighted by Gasteiger charge is -1.90. The zero-order chi connectivity index (χ0) is 13.7. The van der Waals surface area contributed by atoms with Gasteiger partial charge in [-0.05, 0) is 21.1 Å². The van der Waals surface area contributed by atoms with E-state index in [9.17, 15) is 0 Å². The van der Waals surface area contributed by atoms with Crippen molar-refractivity contribution in [3.05, 3.63) is 0 Å². The van der Waals surface area contributed by atoms with Crippen LogP contribution in [0.1, 0.15) is 82.1 Å². The summed E-state index contributed by atoms with van der Waals surface area (Å²) in [7, 11) is 6.00. The molecule has 0 atom stereocenters. The Kier molecular flexibility index (Phi) is 185. The first-order chi connectivity index (χ1) is 6.97. The monoisotopic (exact) mass is 237 g/mol. The summed E-state index contributed by atoms with van der Waals surface area (Å²) >= 11 is 0. The lowest BCUT2D eigenvalue weighted by atomic mass is 10.6. The minimum atomic E-state index is 0. The first kappa shape index (κ1) is 36.0. The quantitative estimate of drug-likeness (QED) is 0.493. The number of rotatable bonds is 0. The molecule has 108 valence electrons. The van der Waals surface area contributed by atoms with Crippen LogP contribution in [0.25, 0.3) is 0 Å². The summed E-state index contributed by atoms with van der Waals surface area (Å²) in [6, 6.07) is 0. The van der Waals surface area contributed by atoms with E-state index < -0.39 is 0 Å². The third-order valence-corrected chi connectivity index (χ3v) is 0. The highest BCUT2D eigenvalue weighted by atomic mass is 15.0. The van der Waals surface area contributed by atoms with Crippen molar-refractivity contribution >= 4 is 0 Å². The minimum Gasteiger partial charge on any atom is -0.312 e. The predicted molar refractivity (Wildman–Crippen MR) is 85.6 cm³/mol. The molecule has 0 saturated carbocycles. The molecule has 0 aliphatic rings. The van der Waals surface area contributed by atoms with Crippen molar-refractivity contribution in [2.45, 2.75) is 82.1 Å². The van der Waals surface area contributed by atoms with Crippen molar-refractivity contribution in [3.8, 4) is 0 Å². The van der Waals surface area contributed by atoms with Crippen molar-refractivity contribution < 1.29 is 0 Å². The maximum absolute atomic E-state index is 2.12. The van der Waals surface area contributed by atoms with Crippen LogP contribution in [0, 0.1) is 0 Å². The van der Waals surface area contributed by atoms with Gasteiger partial charge in [-0.2, -0.15) is 0 Å². The molecule has 0 N–H and O–H groups in total. The largest absolute Gasteiger partial charge is 0.312 e. The first-order valence-electron chi connectivity index (χ1n) is 6.58. The second-order valence-electron chi connectivity index (χ2n) is 3.46. The molecule has 0 radical (unpaired) electrons. The van der Waals surface area contributed by atoms with Crippen molar-refractivity contribution in [1.82, 2.24) is 4.90 Å². The van der Waals surface area contributed by atoms with Crippen LogP contribution in [0.4, 0.5) is 0 Å². The summed E-state index contributed by atoms with van der Waals surface area (Å²) < 4.78 is 0. The van der Waals surface area contributed by atoms with E-state index in [1.165, 1.54) is 19.3 Å². The predicted octanol–water partition coefficient (Wildman–Crippen LogP) is 6.09. The average molecular weight is 238 g/mol. The molecule has 0 bridgehead atoms. The van der Waals surface area contributed by atoms with Gasteiger partial charge in [-0.25, -0.2) is 0 Å². The van der Waals surface area contributed by atoms with Crippen LogP contribution in [0.5, 0.6) is 0 Å². The Labute approximate surface area is 109 Å². The van der Waals surface area contributed by atoms with E-state index in [-0.39, 0.29) is 7.43 Å². The number of hydrogen-bond donors (Lipinski definition) is 0. The highest BCUT2D eigenvalue weighted by Crippen LogP contribution is 1.57. The van der Waals surface area contributed by atoms with Crippen molar-refractivity contribution in [2.75, 3.05) is 21.1 Å². The van der Waals surface area contributed by atoms with Crippen LogP contribution < -0.4 is 0 Å². The first-order valence-corrected chi connectivity index (χ1v) is 6.58. The van der Waals surface area contributed by atoms with Crippen molar-refractivity contribution in [2.24, 2.45) is 0 Å². The molecule has 0 amide bonds. The zero-order valence-electron chi connectivity index (χ0n) is 13.6. The fourth-order valence-corrected chi connectivity index (χ4v) is 0. The molecule has 0 aromatic rings. The zero-order valence-corrected chi connectivity index (χ0v) is 13.6. The highest BCUT2D eigenvalue weighted by Gasteiger charge is 1.58. The normalized spacial score (nSPS) is 6.00. The molecule has 0 aliphatic heterocycles. The average Bonchev–Trinajstić information content (AvgIpc) is 2.09. The summed E-state index contributed by atoms with van der Waals surface area (Å²) in [5, 5.41) is 0. The maximum Gasteiger partial charge on any atom is -0.0140 e. The Hall–Kier alpha value is -0.0400. The molecule has 1 heteroatoms. The van der Waals surface area contributed by atoms with E-state index in [2.05, 4.69) is 41.5 Å². The molecular formula is C15H43N. The van der Waals surface area contributed by atoms with Crippen LogP contribution >= 0.6 is 0 Å². The van der Waals surface area contributed by atoms with Gasteiger partial charge in [0.1, 0.15) is 0 Å². The summed E-state index contributed by atoms with van der Waals surface area (Å²) in [5.41, 5.74) is 0. The standard InChI is InChI=1S/C3H9N.3C3H8.C2H6.CH4/c1-4(2)3;3*1-3-2;1-2;/h1-3H3;3*3H2,1-2H3;1-2H3;1H4. The molecule has 0 heterocycles. The van der Waals surface area contributed by atoms with Crippen LogP contribution in [0.3, 0.4) is 0 Å². The van der Waals surface area contributed by atoms with E-state index in [4.69, 9.17) is 0 Å². The van der Waals surface area contributed by atoms with Gasteiger partial charge in [-0.3, -0.25) is 0 Å². The van der Waals surface area contributed by atoms with E-state index >= 15 is 0 Å². The van der Waals surface area contributed by atoms with Gasteiger partial charge in [0.05, 0.1) is 0 Å². The molecule has 0 unspecified atom stereocenters. The number of nitrogens with zero attached hydrogens (tertiary/aromatic N) is 1. The lowest BCUT2D eigenvalue weighted by Crippen LogP contribution is -1.99. The van der Waals surface area contributed by atoms with Gasteiger partial charge in [-0.1, -0.05) is 82.1 Å². The second kappa shape index (κ2) is 82.1. The van der Waals surface area contributed by atoms with Crippen LogP contribution in [0.2, 0.25) is 0 Å². The Morgan fingerprint density at radius 1 is 0.562 bits per heavy atom. The lowest BCUT2D eigenvalue weighted by molar-refractivity contribution is 0.505. The number of hydrogen-bond acceptors (Lipinski definition) is 1. The van der Waals surface area contributed by atoms with E-state index in [1.54, 1.807) is 0 Å². The molecular weight excluding hydrogens is 194 g/mol. The molecule has 16 heavy (non-hydrogen) atoms. The molecule has 1 nitrogen and oxygen atoms in total. The summed E-state index contributed by atoms with van der Waals surface area (Å²) in [6.45, 7) is 16.8. The topological polar surface area (TPSA) is 3.24 Å². The van der Waals surface area contributed by atoms with Crippen LogP contribution in [0.15, 0.2) is 0 Å². The smallest absolute Gasteiger partial charge is 0.0140 e. The third-order valence-electron chi connectivity index (χ3n) is 0. The third kappa shape index (κ3) is 1470000. The molecule has 0 rings (SSSR count). The van der Waals surface area contributed by atoms with Gasteiger partial charge in [0.2, 0.25) is 0 Å². The maximum atomic E-state index is 2.12. The minimum absolute atomic E-state index is 0. The van der Waals surface area contributed by atoms with Gasteiger partial charge in [0.25, 0.3) is 0 Å². The van der Waals surface area contributed by atoms with Gasteiger partial charge in [-0.15, -0.1) is 0 Å². The Morgan fingerprint density at radius 2 is 0.562 bits per heavy atom. The molecule has 0 aliphatic carbocycles. The summed E-state index contributed by atoms with van der Waals surface area (Å²) in [5.74, 6) is 0. The van der Waals surface area contributed by atoms with Crippen LogP contribution in [-0.4, -0.2) is 26.0 Å². The second-order valence-corrected chi connectivity index (χ2v) is 3.46. The van der Waals surface area contributed by atoms with E-state index in [0.29, 0.717) is 0 Å². The summed E-state index contributed by atoms with van der Waals surface area (Å²) in [4.78, 5) is 2.00. The Balaban J connectivity index is -0.0000000196. The Morgan fingerprint density at radius 3 is 0.562 bits per heavy atom. The molecule has 0 aromatic heterocycles. The van der Waals surface area contributed by atoms with Crippen molar-refractivity contribution in [1.29, 1.82) is 0 Å². The molecule has 0 fully saturated rings. The van der Waals surface area contributed by atoms with Gasteiger partial charge in [0.15, 0.2) is 0 Å². The highest BCUT2D eigenvalue weighted by molar-refractivity contribution is 4.09. The van der Waals surface area contributed by atoms with Gasteiger partial charge in [0, 0.05) is 0 Å². The van der Waals surface area contributed by atoms with Crippen molar-refractivity contribution in [3.63, 3.8) is 0 Å². The van der Waals surface area contributed by atoms with Crippen LogP contribution in [-0.2, 0) is 0 Å². The summed E-state index contributed by atoms with van der Waals surface area (Å²) in [6.07, 6.45) is 3.75. The molecule has 0 aromatic carbocycles. The fraction of sp³-hybridized carbons (Fsp3) is 1.00. The van der Waals surface area contributed by atoms with E-state index in [1.807, 2.05) is 39.9 Å². The van der Waals surface area contributed by atoms with Gasteiger partial charge >= 0.3 is 0 Å². The molecule has 0 saturated heterocycles. The fourth-order valence-electron chi connectivity index (χ4n) is 0. The Bertz CT molecular complexity index is 26.9. The SMILES string of the molecule is C.CC.CCC.CCC.CCC.CN(C)C. The molecule has 0 spiro atoms.